The van der Waals surface area contributed by atoms with Gasteiger partial charge in [-0.25, -0.2) is 4.99 Å². The number of nitrogens with two attached hydrogens (primary N) is 1. The van der Waals surface area contributed by atoms with Gasteiger partial charge in [0.2, 0.25) is 0 Å². The van der Waals surface area contributed by atoms with Gasteiger partial charge in [0, 0.05) is 29.6 Å². The van der Waals surface area contributed by atoms with E-state index in [9.17, 15) is 4.79 Å². The van der Waals surface area contributed by atoms with Crippen molar-refractivity contribution in [3.63, 3.8) is 0 Å². The molecule has 3 rings (SSSR count). The average Bonchev–Trinajstić information content (AvgIpc) is 2.63. The smallest absolute Gasteiger partial charge is 0.254 e. The number of allylic oxidation sites excluding steroid dienone is 2. The minimum absolute atomic E-state index is 0.0252. The van der Waals surface area contributed by atoms with E-state index >= 15 is 0 Å². The molecule has 2 atom stereocenters. The van der Waals surface area contributed by atoms with Crippen LogP contribution >= 0.6 is 0 Å². The van der Waals surface area contributed by atoms with Gasteiger partial charge in [-0.1, -0.05) is 6.58 Å². The standard InChI is InChI=1S/C22H28N4O2/c1-13-8-9-24-15(3)20(13)21(23)25-18-6-7-19(14(2)12-18)22(27)26-10-11-28-17(5)16(26)4/h6-9,12,16-17,24H,3,10-11H2,1-2,4-5H3,(H2,23,25). The third-order valence-corrected chi connectivity index (χ3v) is 5.38. The van der Waals surface area contributed by atoms with Crippen molar-refractivity contribution < 1.29 is 9.53 Å². The van der Waals surface area contributed by atoms with Crippen LogP contribution in [0.5, 0.6) is 0 Å². The van der Waals surface area contributed by atoms with Crippen LogP contribution in [0, 0.1) is 6.92 Å². The Hall–Kier alpha value is -2.86. The molecule has 2 unspecified atom stereocenters. The third kappa shape index (κ3) is 3.87. The summed E-state index contributed by atoms with van der Waals surface area (Å²) in [6.07, 6.45) is 3.79. The van der Waals surface area contributed by atoms with Crippen molar-refractivity contribution in [3.8, 4) is 0 Å². The molecule has 0 saturated carbocycles. The Balaban J connectivity index is 1.85. The van der Waals surface area contributed by atoms with Crippen LogP contribution in [0.15, 0.2) is 58.9 Å². The molecule has 1 aromatic rings. The quantitative estimate of drug-likeness (QED) is 0.623. The van der Waals surface area contributed by atoms with E-state index < -0.39 is 0 Å². The van der Waals surface area contributed by atoms with Crippen LogP contribution in [0.4, 0.5) is 5.69 Å². The lowest BCUT2D eigenvalue weighted by Crippen LogP contribution is -2.51. The molecule has 148 valence electrons. The highest BCUT2D eigenvalue weighted by Crippen LogP contribution is 2.24. The van der Waals surface area contributed by atoms with Gasteiger partial charge in [-0.05, 0) is 63.1 Å². The van der Waals surface area contributed by atoms with Gasteiger partial charge in [-0.2, -0.15) is 0 Å². The highest BCUT2D eigenvalue weighted by Gasteiger charge is 2.30. The summed E-state index contributed by atoms with van der Waals surface area (Å²) >= 11 is 0. The minimum atomic E-state index is 0.0252. The molecule has 28 heavy (non-hydrogen) atoms. The molecule has 2 aliphatic heterocycles. The number of amidine groups is 1. The molecule has 2 aliphatic rings. The molecule has 1 amide bonds. The number of nitrogens with zero attached hydrogens (tertiary/aromatic N) is 2. The number of amides is 1. The summed E-state index contributed by atoms with van der Waals surface area (Å²) in [6.45, 7) is 13.1. The van der Waals surface area contributed by atoms with E-state index in [1.165, 1.54) is 0 Å². The molecule has 2 heterocycles. The second-order valence-corrected chi connectivity index (χ2v) is 7.33. The number of dihydropyridines is 1. The van der Waals surface area contributed by atoms with E-state index in [1.807, 2.05) is 63.1 Å². The monoisotopic (exact) mass is 380 g/mol. The van der Waals surface area contributed by atoms with Crippen LogP contribution in [-0.4, -0.2) is 41.9 Å². The minimum Gasteiger partial charge on any atom is -0.383 e. The molecular weight excluding hydrogens is 352 g/mol. The topological polar surface area (TPSA) is 79.9 Å². The fraction of sp³-hybridized carbons (Fsp3) is 0.364. The predicted octanol–water partition coefficient (Wildman–Crippen LogP) is 3.18. The molecule has 0 aliphatic carbocycles. The summed E-state index contributed by atoms with van der Waals surface area (Å²) < 4.78 is 5.63. The molecule has 1 fully saturated rings. The largest absolute Gasteiger partial charge is 0.383 e. The third-order valence-electron chi connectivity index (χ3n) is 5.38. The van der Waals surface area contributed by atoms with Crippen LogP contribution in [0.25, 0.3) is 0 Å². The molecule has 6 nitrogen and oxygen atoms in total. The summed E-state index contributed by atoms with van der Waals surface area (Å²) in [5.41, 5.74) is 11.0. The summed E-state index contributed by atoms with van der Waals surface area (Å²) in [4.78, 5) is 19.4. The van der Waals surface area contributed by atoms with E-state index in [-0.39, 0.29) is 18.1 Å². The van der Waals surface area contributed by atoms with Crippen molar-refractivity contribution in [2.45, 2.75) is 39.8 Å². The number of aliphatic imine (C=N–C) groups is 1. The molecule has 0 spiro atoms. The number of carbonyl (C=O) groups excluding carboxylic acids is 1. The Morgan fingerprint density at radius 3 is 2.79 bits per heavy atom. The SMILES string of the molecule is C=C1NC=CC(C)=C1C(N)=Nc1ccc(C(=O)N2CCOC(C)C2C)c(C)c1. The Morgan fingerprint density at radius 1 is 1.36 bits per heavy atom. The zero-order valence-electron chi connectivity index (χ0n) is 17.0. The maximum absolute atomic E-state index is 13.0. The molecule has 3 N–H and O–H groups in total. The zero-order valence-corrected chi connectivity index (χ0v) is 17.0. The number of rotatable bonds is 3. The second-order valence-electron chi connectivity index (χ2n) is 7.33. The summed E-state index contributed by atoms with van der Waals surface area (Å²) in [5, 5.41) is 3.05. The zero-order chi connectivity index (χ0) is 20.4. The average molecular weight is 380 g/mol. The van der Waals surface area contributed by atoms with E-state index in [2.05, 4.69) is 16.9 Å². The maximum Gasteiger partial charge on any atom is 0.254 e. The number of hydrogen-bond donors (Lipinski definition) is 2. The molecule has 1 aromatic carbocycles. The van der Waals surface area contributed by atoms with Gasteiger partial charge < -0.3 is 20.7 Å². The van der Waals surface area contributed by atoms with Crippen molar-refractivity contribution >= 4 is 17.4 Å². The Kier molecular flexibility index (Phi) is 5.70. The van der Waals surface area contributed by atoms with Crippen molar-refractivity contribution in [1.29, 1.82) is 0 Å². The second kappa shape index (κ2) is 8.02. The van der Waals surface area contributed by atoms with E-state index in [4.69, 9.17) is 10.5 Å². The lowest BCUT2D eigenvalue weighted by atomic mass is 10.0. The number of morpholine rings is 1. The predicted molar refractivity (Wildman–Crippen MR) is 112 cm³/mol. The number of nitrogens with one attached hydrogen (secondary N) is 1. The Labute approximate surface area is 166 Å². The van der Waals surface area contributed by atoms with Gasteiger partial charge in [0.15, 0.2) is 0 Å². The highest BCUT2D eigenvalue weighted by molar-refractivity contribution is 6.03. The summed E-state index contributed by atoms with van der Waals surface area (Å²) in [5.74, 6) is 0.422. The first kappa shape index (κ1) is 19.9. The summed E-state index contributed by atoms with van der Waals surface area (Å²) in [7, 11) is 0. The van der Waals surface area contributed by atoms with E-state index in [0.29, 0.717) is 30.2 Å². The fourth-order valence-electron chi connectivity index (χ4n) is 3.54. The summed E-state index contributed by atoms with van der Waals surface area (Å²) in [6, 6.07) is 5.58. The first-order valence-electron chi connectivity index (χ1n) is 9.50. The number of benzene rings is 1. The maximum atomic E-state index is 13.0. The first-order valence-corrected chi connectivity index (χ1v) is 9.50. The van der Waals surface area contributed by atoms with Gasteiger partial charge >= 0.3 is 0 Å². The lowest BCUT2D eigenvalue weighted by molar-refractivity contribution is -0.0440. The van der Waals surface area contributed by atoms with E-state index in [1.54, 1.807) is 0 Å². The van der Waals surface area contributed by atoms with Crippen LogP contribution < -0.4 is 11.1 Å². The molecule has 6 heteroatoms. The van der Waals surface area contributed by atoms with Gasteiger partial charge in [0.1, 0.15) is 5.84 Å². The number of aryl methyl sites for hydroxylation is 1. The lowest BCUT2D eigenvalue weighted by Gasteiger charge is -2.38. The van der Waals surface area contributed by atoms with E-state index in [0.717, 1.165) is 22.4 Å². The first-order chi connectivity index (χ1) is 13.3. The molecule has 0 aromatic heterocycles. The van der Waals surface area contributed by atoms with Crippen LogP contribution in [0.2, 0.25) is 0 Å². The highest BCUT2D eigenvalue weighted by atomic mass is 16.5. The normalized spacial score (nSPS) is 23.1. The molecule has 1 saturated heterocycles. The van der Waals surface area contributed by atoms with Crippen LogP contribution in [0.3, 0.4) is 0 Å². The van der Waals surface area contributed by atoms with Crippen LogP contribution in [-0.2, 0) is 4.74 Å². The van der Waals surface area contributed by atoms with Crippen molar-refractivity contribution in [2.24, 2.45) is 10.7 Å². The van der Waals surface area contributed by atoms with Gasteiger partial charge in [0.25, 0.3) is 5.91 Å². The Bertz CT molecular complexity index is 898. The van der Waals surface area contributed by atoms with Gasteiger partial charge in [-0.3, -0.25) is 4.79 Å². The van der Waals surface area contributed by atoms with Crippen molar-refractivity contribution in [2.75, 3.05) is 13.2 Å². The van der Waals surface area contributed by atoms with Gasteiger partial charge in [0.05, 0.1) is 24.4 Å². The Morgan fingerprint density at radius 2 is 2.11 bits per heavy atom. The molecular formula is C22H28N4O2. The van der Waals surface area contributed by atoms with Crippen LogP contribution in [0.1, 0.15) is 36.7 Å². The number of ether oxygens (including phenoxy) is 1. The van der Waals surface area contributed by atoms with Crippen molar-refractivity contribution in [3.05, 3.63) is 65.0 Å². The number of hydrogen-bond acceptors (Lipinski definition) is 4. The molecule has 0 radical (unpaired) electrons. The fourth-order valence-corrected chi connectivity index (χ4v) is 3.54. The van der Waals surface area contributed by atoms with Crippen molar-refractivity contribution in [1.82, 2.24) is 10.2 Å². The van der Waals surface area contributed by atoms with Gasteiger partial charge in [-0.15, -0.1) is 0 Å². The molecule has 0 bridgehead atoms. The number of carbonyl (C=O) groups is 1.